The fourth-order valence-electron chi connectivity index (χ4n) is 0.859. The van der Waals surface area contributed by atoms with E-state index in [4.69, 9.17) is 0 Å². The molecule has 0 aliphatic carbocycles. The van der Waals surface area contributed by atoms with E-state index in [9.17, 15) is 67.0 Å². The number of aliphatic carboxylic acids is 1. The number of carboxylic acids is 1. The maximum Gasteiger partial charge on any atom is 1.00 e. The van der Waals surface area contributed by atoms with Gasteiger partial charge in [-0.15, -0.1) is 0 Å². The summed E-state index contributed by atoms with van der Waals surface area (Å²) in [6.45, 7) is 0. The van der Waals surface area contributed by atoms with Crippen LogP contribution in [0.3, 0.4) is 0 Å². The van der Waals surface area contributed by atoms with Gasteiger partial charge in [-0.2, -0.15) is 57.1 Å². The van der Waals surface area contributed by atoms with Gasteiger partial charge < -0.3 is 14.6 Å². The Morgan fingerprint density at radius 1 is 0.769 bits per heavy atom. The van der Waals surface area contributed by atoms with Crippen molar-refractivity contribution in [3.05, 3.63) is 12.1 Å². The van der Waals surface area contributed by atoms with Crippen molar-refractivity contribution in [1.82, 2.24) is 0 Å². The van der Waals surface area contributed by atoms with Crippen molar-refractivity contribution in [3.8, 4) is 0 Å². The van der Waals surface area contributed by atoms with Crippen LogP contribution in [0.5, 0.6) is 0 Å². The quantitative estimate of drug-likeness (QED) is 0.321. The van der Waals surface area contributed by atoms with E-state index in [0.717, 1.165) is 0 Å². The van der Waals surface area contributed by atoms with Crippen molar-refractivity contribution in [3.63, 3.8) is 0 Å². The second-order valence-electron chi connectivity index (χ2n) is 3.73. The number of hydrogen-bond donors (Lipinski definition) is 0. The average Bonchev–Trinajstić information content (AvgIpc) is 2.35. The van der Waals surface area contributed by atoms with Crippen LogP contribution in [0.15, 0.2) is 12.1 Å². The van der Waals surface area contributed by atoms with Gasteiger partial charge in [0.1, 0.15) is 5.97 Å². The van der Waals surface area contributed by atoms with E-state index >= 15 is 0 Å². The van der Waals surface area contributed by atoms with E-state index < -0.39 is 48.2 Å². The van der Waals surface area contributed by atoms with Gasteiger partial charge in [-0.1, -0.05) is 0 Å². The first-order chi connectivity index (χ1) is 10.7. The van der Waals surface area contributed by atoms with Crippen LogP contribution in [0, 0.1) is 0 Å². The van der Waals surface area contributed by atoms with Crippen molar-refractivity contribution >= 4 is 5.97 Å². The van der Waals surface area contributed by atoms with Crippen LogP contribution in [0.1, 0.15) is 0 Å². The van der Waals surface area contributed by atoms with Gasteiger partial charge >= 0.3 is 71.8 Å². The third kappa shape index (κ3) is 5.07. The monoisotopic (exact) mass is 430 g/mol. The van der Waals surface area contributed by atoms with Gasteiger partial charge in [0.15, 0.2) is 0 Å². The molecule has 0 amide bonds. The zero-order valence-electron chi connectivity index (χ0n) is 11.5. The molecule has 4 nitrogen and oxygen atoms in total. The summed E-state index contributed by atoms with van der Waals surface area (Å²) in [6.07, 6.45) is -25.7. The molecular weight excluding hydrogens is 430 g/mol. The van der Waals surface area contributed by atoms with Gasteiger partial charge in [0.05, 0.1) is 0 Å². The molecule has 0 aliphatic heterocycles. The van der Waals surface area contributed by atoms with Gasteiger partial charge in [0, 0.05) is 0 Å². The summed E-state index contributed by atoms with van der Waals surface area (Å²) in [5.74, 6) is -18.4. The Kier molecular flexibility index (Phi) is 8.37. The number of alkyl halides is 10. The number of hydrogen-bond acceptors (Lipinski definition) is 4. The summed E-state index contributed by atoms with van der Waals surface area (Å²) in [5, 5.41) is 9.71. The Labute approximate surface area is 154 Å². The van der Waals surface area contributed by atoms with Gasteiger partial charge in [-0.25, -0.2) is 0 Å². The molecule has 0 aliphatic rings. The molecule has 0 aromatic carbocycles. The molecule has 0 N–H and O–H groups in total. The Hall–Kier alpha value is -0.940. The smallest absolute Gasteiger partial charge is 0.544 e. The average molecular weight is 430 g/mol. The van der Waals surface area contributed by atoms with E-state index in [2.05, 4.69) is 0 Å². The molecule has 0 spiro atoms. The number of carboxylic acid groups (broad SMARTS) is 1. The minimum Gasteiger partial charge on any atom is -0.544 e. The molecule has 0 saturated heterocycles. The summed E-state index contributed by atoms with van der Waals surface area (Å²) >= 11 is 0. The minimum absolute atomic E-state index is 0. The van der Waals surface area contributed by atoms with Crippen molar-refractivity contribution in [2.75, 3.05) is 0 Å². The molecule has 1 atom stereocenters. The van der Waals surface area contributed by atoms with Gasteiger partial charge in [0.25, 0.3) is 0 Å². The van der Waals surface area contributed by atoms with Crippen molar-refractivity contribution < 1.29 is 106 Å². The summed E-state index contributed by atoms with van der Waals surface area (Å²) < 4.78 is 165. The van der Waals surface area contributed by atoms with Crippen LogP contribution in [0.25, 0.3) is 0 Å². The van der Waals surface area contributed by atoms with Crippen molar-refractivity contribution in [2.24, 2.45) is 0 Å². The molecule has 148 valence electrons. The van der Waals surface area contributed by atoms with Crippen LogP contribution in [-0.2, 0) is 14.3 Å². The molecule has 1 unspecified atom stereocenters. The predicted octanol–water partition coefficient (Wildman–Crippen LogP) is -0.142. The Morgan fingerprint density at radius 2 is 1.15 bits per heavy atom. The molecular formula is C8F13NaO4. The molecule has 0 fully saturated rings. The van der Waals surface area contributed by atoms with Gasteiger partial charge in [-0.3, -0.25) is 4.74 Å². The van der Waals surface area contributed by atoms with Crippen molar-refractivity contribution in [1.29, 1.82) is 0 Å². The number of rotatable bonds is 7. The van der Waals surface area contributed by atoms with E-state index in [-0.39, 0.29) is 29.6 Å². The summed E-state index contributed by atoms with van der Waals surface area (Å²) in [5.41, 5.74) is 0. The van der Waals surface area contributed by atoms with Crippen LogP contribution >= 0.6 is 0 Å². The zero-order chi connectivity index (χ0) is 20.6. The van der Waals surface area contributed by atoms with Gasteiger partial charge in [0.2, 0.25) is 0 Å². The maximum absolute atomic E-state index is 13.3. The predicted molar refractivity (Wildman–Crippen MR) is 42.3 cm³/mol. The van der Waals surface area contributed by atoms with Crippen LogP contribution in [-0.4, -0.2) is 36.1 Å². The number of carbonyl (C=O) groups is 1. The first-order valence-electron chi connectivity index (χ1n) is 4.93. The summed E-state index contributed by atoms with van der Waals surface area (Å²) in [4.78, 5) is 9.71. The standard InChI is InChI=1S/C8HF13O4.Na/c9-1(10)2(11)24-8(20,21)5(14,6(15,16)17)25-7(18,19)4(12,13)3(22)23;/h(H,22,23);/q;+1/p-1. The third-order valence-electron chi connectivity index (χ3n) is 2.00. The van der Waals surface area contributed by atoms with Crippen LogP contribution in [0.4, 0.5) is 57.1 Å². The van der Waals surface area contributed by atoms with Crippen LogP contribution in [0.2, 0.25) is 0 Å². The van der Waals surface area contributed by atoms with E-state index in [0.29, 0.717) is 0 Å². The van der Waals surface area contributed by atoms with Crippen molar-refractivity contribution in [2.45, 2.75) is 30.2 Å². The number of ether oxygens (including phenoxy) is 2. The SMILES string of the molecule is O=C([O-])C(F)(F)C(F)(F)OC(F)(C(F)(F)F)C(F)(F)OC(F)=C(F)F.[Na+]. The molecule has 18 heteroatoms. The van der Waals surface area contributed by atoms with E-state index in [1.165, 1.54) is 0 Å². The minimum atomic E-state index is -7.45. The third-order valence-corrected chi connectivity index (χ3v) is 2.00. The molecule has 0 saturated carbocycles. The topological polar surface area (TPSA) is 58.6 Å². The fourth-order valence-corrected chi connectivity index (χ4v) is 0.859. The fraction of sp³-hybridized carbons (Fsp3) is 0.625. The Morgan fingerprint density at radius 3 is 1.42 bits per heavy atom. The second-order valence-corrected chi connectivity index (χ2v) is 3.73. The van der Waals surface area contributed by atoms with E-state index in [1.807, 2.05) is 4.74 Å². The van der Waals surface area contributed by atoms with Gasteiger partial charge in [-0.05, 0) is 0 Å². The molecule has 0 aromatic heterocycles. The first-order valence-corrected chi connectivity index (χ1v) is 4.93. The zero-order valence-corrected chi connectivity index (χ0v) is 13.5. The number of carbonyl (C=O) groups excluding carboxylic acids is 1. The van der Waals surface area contributed by atoms with Crippen LogP contribution < -0.4 is 34.7 Å². The summed E-state index contributed by atoms with van der Waals surface area (Å²) in [6, 6.07) is -3.91. The first kappa shape index (κ1) is 27.3. The molecule has 26 heavy (non-hydrogen) atoms. The Bertz CT molecular complexity index is 555. The summed E-state index contributed by atoms with van der Waals surface area (Å²) in [7, 11) is 0. The second kappa shape index (κ2) is 7.97. The Balaban J connectivity index is 0. The molecule has 0 rings (SSSR count). The maximum atomic E-state index is 13.3. The van der Waals surface area contributed by atoms with E-state index in [1.54, 1.807) is 4.74 Å². The molecule has 0 aromatic rings. The molecule has 0 radical (unpaired) electrons. The largest absolute Gasteiger partial charge is 1.00 e. The normalized spacial score (nSPS) is 15.6. The number of halogens is 13. The molecule has 0 bridgehead atoms. The molecule has 0 heterocycles.